The minimum atomic E-state index is -1.21. The van der Waals surface area contributed by atoms with Crippen molar-refractivity contribution in [2.45, 2.75) is 37.9 Å². The minimum absolute atomic E-state index is 0.0129. The van der Waals surface area contributed by atoms with Crippen LogP contribution < -0.4 is 20.1 Å². The third-order valence-electron chi connectivity index (χ3n) is 7.48. The zero-order valence-corrected chi connectivity index (χ0v) is 26.0. The highest BCUT2D eigenvalue weighted by molar-refractivity contribution is 6.00. The first-order chi connectivity index (χ1) is 22.7. The molecule has 0 aromatic heterocycles. The molecule has 0 aliphatic carbocycles. The van der Waals surface area contributed by atoms with Gasteiger partial charge >= 0.3 is 5.97 Å². The Morgan fingerprint density at radius 1 is 0.979 bits per heavy atom. The predicted molar refractivity (Wildman–Crippen MR) is 171 cm³/mol. The average molecular weight is 645 g/mol. The molecule has 13 heteroatoms. The highest BCUT2D eigenvalue weighted by atomic mass is 16.6. The summed E-state index contributed by atoms with van der Waals surface area (Å²) >= 11 is 0. The number of esters is 1. The SMILES string of the molecule is COC(=O)[C@@H]1CCC(=O)N(Cc2ccc(OC)cc2)C/C=C/COc2ccc([N+](=O)[O-])cc2C(=O)N[C@H](Cc2ccccc2)C(=O)N1. The van der Waals surface area contributed by atoms with E-state index in [-0.39, 0.29) is 61.9 Å². The van der Waals surface area contributed by atoms with Gasteiger partial charge in [-0.1, -0.05) is 48.5 Å². The third-order valence-corrected chi connectivity index (χ3v) is 7.48. The second-order valence-corrected chi connectivity index (χ2v) is 10.7. The number of amides is 3. The van der Waals surface area contributed by atoms with Crippen LogP contribution in [0.3, 0.4) is 0 Å². The van der Waals surface area contributed by atoms with Gasteiger partial charge in [-0.05, 0) is 41.8 Å². The minimum Gasteiger partial charge on any atom is -0.497 e. The molecule has 3 amide bonds. The maximum absolute atomic E-state index is 13.7. The number of benzene rings is 3. The molecule has 2 atom stereocenters. The lowest BCUT2D eigenvalue weighted by Crippen LogP contribution is -2.53. The summed E-state index contributed by atoms with van der Waals surface area (Å²) in [4.78, 5) is 66.0. The van der Waals surface area contributed by atoms with Gasteiger partial charge in [0, 0.05) is 38.1 Å². The number of hydrogen-bond acceptors (Lipinski definition) is 9. The van der Waals surface area contributed by atoms with Crippen LogP contribution in [0, 0.1) is 10.1 Å². The predicted octanol–water partition coefficient (Wildman–Crippen LogP) is 3.36. The Hall–Kier alpha value is -5.72. The van der Waals surface area contributed by atoms with Gasteiger partial charge < -0.3 is 29.7 Å². The summed E-state index contributed by atoms with van der Waals surface area (Å²) in [5, 5.41) is 16.8. The molecular formula is C34H36N4O9. The largest absolute Gasteiger partial charge is 0.497 e. The molecule has 13 nitrogen and oxygen atoms in total. The van der Waals surface area contributed by atoms with Gasteiger partial charge in [-0.15, -0.1) is 0 Å². The van der Waals surface area contributed by atoms with E-state index in [4.69, 9.17) is 14.2 Å². The van der Waals surface area contributed by atoms with Gasteiger partial charge in [0.15, 0.2) is 0 Å². The number of hydrogen-bond donors (Lipinski definition) is 2. The van der Waals surface area contributed by atoms with Crippen molar-refractivity contribution in [1.82, 2.24) is 15.5 Å². The first kappa shape index (κ1) is 34.2. The van der Waals surface area contributed by atoms with E-state index >= 15 is 0 Å². The molecular weight excluding hydrogens is 608 g/mol. The summed E-state index contributed by atoms with van der Waals surface area (Å²) < 4.78 is 16.0. The lowest BCUT2D eigenvalue weighted by atomic mass is 10.0. The van der Waals surface area contributed by atoms with Crippen LogP contribution in [0.4, 0.5) is 5.69 Å². The van der Waals surface area contributed by atoms with Crippen LogP contribution in [-0.4, -0.2) is 73.0 Å². The van der Waals surface area contributed by atoms with Crippen molar-refractivity contribution >= 4 is 29.4 Å². The molecule has 4 rings (SSSR count). The third kappa shape index (κ3) is 9.63. The van der Waals surface area contributed by atoms with E-state index in [2.05, 4.69) is 10.6 Å². The lowest BCUT2D eigenvalue weighted by Gasteiger charge is -2.24. The van der Waals surface area contributed by atoms with Gasteiger partial charge in [-0.3, -0.25) is 24.5 Å². The van der Waals surface area contributed by atoms with Crippen LogP contribution in [0.5, 0.6) is 11.5 Å². The average Bonchev–Trinajstić information content (AvgIpc) is 3.08. The molecule has 0 unspecified atom stereocenters. The second-order valence-electron chi connectivity index (χ2n) is 10.7. The summed E-state index contributed by atoms with van der Waals surface area (Å²) in [6.45, 7) is 0.435. The summed E-state index contributed by atoms with van der Waals surface area (Å²) in [5.41, 5.74) is 1.06. The summed E-state index contributed by atoms with van der Waals surface area (Å²) in [5.74, 6) is -1.81. The van der Waals surface area contributed by atoms with Crippen LogP contribution in [0.15, 0.2) is 84.9 Å². The van der Waals surface area contributed by atoms with Crippen LogP contribution in [0.25, 0.3) is 0 Å². The molecule has 0 fully saturated rings. The lowest BCUT2D eigenvalue weighted by molar-refractivity contribution is -0.384. The van der Waals surface area contributed by atoms with Crippen molar-refractivity contribution in [3.8, 4) is 11.5 Å². The Morgan fingerprint density at radius 3 is 2.40 bits per heavy atom. The van der Waals surface area contributed by atoms with E-state index in [0.717, 1.165) is 11.6 Å². The summed E-state index contributed by atoms with van der Waals surface area (Å²) in [6.07, 6.45) is 3.26. The number of nitrogens with one attached hydrogen (secondary N) is 2. The quantitative estimate of drug-likeness (QED) is 0.170. The molecule has 2 N–H and O–H groups in total. The van der Waals surface area contributed by atoms with Gasteiger partial charge in [0.05, 0.1) is 24.7 Å². The van der Waals surface area contributed by atoms with Crippen LogP contribution >= 0.6 is 0 Å². The van der Waals surface area contributed by atoms with Gasteiger partial charge in [0.25, 0.3) is 11.6 Å². The van der Waals surface area contributed by atoms with E-state index < -0.39 is 34.8 Å². The fourth-order valence-electron chi connectivity index (χ4n) is 4.93. The van der Waals surface area contributed by atoms with Gasteiger partial charge in [0.1, 0.15) is 30.2 Å². The topological polar surface area (TPSA) is 166 Å². The zero-order valence-electron chi connectivity index (χ0n) is 26.0. The van der Waals surface area contributed by atoms with Crippen molar-refractivity contribution in [3.63, 3.8) is 0 Å². The second kappa shape index (κ2) is 16.5. The van der Waals surface area contributed by atoms with E-state index in [9.17, 15) is 29.3 Å². The van der Waals surface area contributed by atoms with Gasteiger partial charge in [-0.2, -0.15) is 0 Å². The maximum atomic E-state index is 13.7. The van der Waals surface area contributed by atoms with Crippen molar-refractivity contribution in [3.05, 3.63) is 112 Å². The fourth-order valence-corrected chi connectivity index (χ4v) is 4.93. The molecule has 0 radical (unpaired) electrons. The molecule has 1 aliphatic heterocycles. The number of carbonyl (C=O) groups is 4. The Bertz CT molecular complexity index is 1610. The molecule has 0 bridgehead atoms. The number of carbonyl (C=O) groups excluding carboxylic acids is 4. The number of ether oxygens (including phenoxy) is 3. The molecule has 0 saturated heterocycles. The number of nitro groups is 1. The summed E-state index contributed by atoms with van der Waals surface area (Å²) in [6, 6.07) is 17.3. The molecule has 1 aliphatic rings. The maximum Gasteiger partial charge on any atom is 0.328 e. The standard InChI is InChI=1S/C34H36N4O9/c1-45-26-13-10-24(11-14-26)22-37-18-6-7-19-47-30-16-12-25(38(43)44)21-27(30)32(40)36-29(20-23-8-4-3-5-9-23)33(41)35-28(34(42)46-2)15-17-31(37)39/h3-14,16,21,28-29H,15,17-20,22H2,1-2H3,(H,35,41)(H,36,40)/b7-6+/t28-,29+/m0/s1. The van der Waals surface area contributed by atoms with Gasteiger partial charge in [0.2, 0.25) is 11.8 Å². The van der Waals surface area contributed by atoms with E-state index in [1.54, 1.807) is 66.6 Å². The van der Waals surface area contributed by atoms with Crippen LogP contribution in [-0.2, 0) is 32.1 Å². The Labute approximate surface area is 271 Å². The van der Waals surface area contributed by atoms with Crippen LogP contribution in [0.2, 0.25) is 0 Å². The van der Waals surface area contributed by atoms with E-state index in [1.165, 1.54) is 19.2 Å². The molecule has 246 valence electrons. The van der Waals surface area contributed by atoms with E-state index in [1.807, 2.05) is 12.1 Å². The van der Waals surface area contributed by atoms with Crippen molar-refractivity contribution in [2.24, 2.45) is 0 Å². The first-order valence-corrected chi connectivity index (χ1v) is 14.9. The molecule has 3 aromatic carbocycles. The Kier molecular flexibility index (Phi) is 12.0. The number of nitro benzene ring substituents is 1. The Balaban J connectivity index is 1.69. The number of fused-ring (bicyclic) bond motifs is 1. The number of nitrogens with zero attached hydrogens (tertiary/aromatic N) is 2. The molecule has 3 aromatic rings. The van der Waals surface area contributed by atoms with Crippen molar-refractivity contribution in [2.75, 3.05) is 27.4 Å². The molecule has 0 spiro atoms. The van der Waals surface area contributed by atoms with E-state index in [0.29, 0.717) is 11.3 Å². The first-order valence-electron chi connectivity index (χ1n) is 14.9. The highest BCUT2D eigenvalue weighted by Crippen LogP contribution is 2.25. The molecule has 47 heavy (non-hydrogen) atoms. The Morgan fingerprint density at radius 2 is 1.72 bits per heavy atom. The monoisotopic (exact) mass is 644 g/mol. The van der Waals surface area contributed by atoms with Crippen molar-refractivity contribution < 1.29 is 38.3 Å². The van der Waals surface area contributed by atoms with Gasteiger partial charge in [-0.25, -0.2) is 4.79 Å². The number of rotatable bonds is 7. The van der Waals surface area contributed by atoms with Crippen molar-refractivity contribution in [1.29, 1.82) is 0 Å². The fraction of sp³-hybridized carbons (Fsp3) is 0.294. The summed E-state index contributed by atoms with van der Waals surface area (Å²) in [7, 11) is 2.73. The molecule has 1 heterocycles. The van der Waals surface area contributed by atoms with Crippen LogP contribution in [0.1, 0.15) is 34.3 Å². The number of methoxy groups -OCH3 is 2. The zero-order chi connectivity index (χ0) is 33.8. The highest BCUT2D eigenvalue weighted by Gasteiger charge is 2.30. The normalized spacial score (nSPS) is 18.4. The molecule has 0 saturated carbocycles. The number of non-ortho nitro benzene ring substituents is 1. The smallest absolute Gasteiger partial charge is 0.328 e.